The number of pyridine rings is 1. The number of aromatic amines is 1. The fourth-order valence-electron chi connectivity index (χ4n) is 5.47. The summed E-state index contributed by atoms with van der Waals surface area (Å²) in [4.78, 5) is 25.9. The van der Waals surface area contributed by atoms with E-state index in [0.717, 1.165) is 44.2 Å². The number of anilines is 4. The number of benzene rings is 1. The summed E-state index contributed by atoms with van der Waals surface area (Å²) in [5, 5.41) is 12.1. The number of methoxy groups -OCH3 is 1. The fourth-order valence-corrected chi connectivity index (χ4v) is 6.02. The molecule has 2 aliphatic rings. The summed E-state index contributed by atoms with van der Waals surface area (Å²) in [6, 6.07) is 7.65. The van der Waals surface area contributed by atoms with Crippen molar-refractivity contribution < 1.29 is 17.9 Å². The number of sulfonamides is 1. The van der Waals surface area contributed by atoms with Crippen LogP contribution in [0.1, 0.15) is 12.8 Å². The molecule has 2 atom stereocenters. The molecule has 0 aliphatic carbocycles. The number of H-pyrrole nitrogens is 1. The Labute approximate surface area is 236 Å². The standard InChI is InChI=1S/C26H31N9O5S/c1-39-22-11-16(33-41(2,37)38)3-6-20(22)35-21-12-23(31-25-26(36)29-8-7-27-25)30-13-19(21)24(32-35)28-9-10-34-17-4-5-18(34)15-40-14-17/h3,6-8,11-13,17-18,33H,4-5,9-10,14-15H2,1-2H3,(H,28,32)(H,29,36)(H,27,30,31). The first-order chi connectivity index (χ1) is 19.8. The van der Waals surface area contributed by atoms with Crippen molar-refractivity contribution >= 4 is 44.1 Å². The second kappa shape index (κ2) is 11.0. The number of aromatic nitrogens is 5. The molecule has 41 heavy (non-hydrogen) atoms. The topological polar surface area (TPSA) is 168 Å². The highest BCUT2D eigenvalue weighted by Crippen LogP contribution is 2.33. The zero-order chi connectivity index (χ0) is 28.6. The number of ether oxygens (including phenoxy) is 2. The third-order valence-electron chi connectivity index (χ3n) is 7.28. The Hall–Kier alpha value is -4.21. The molecule has 2 unspecified atom stereocenters. The molecule has 0 amide bonds. The summed E-state index contributed by atoms with van der Waals surface area (Å²) in [7, 11) is -1.97. The van der Waals surface area contributed by atoms with Crippen molar-refractivity contribution in [2.24, 2.45) is 0 Å². The molecule has 5 heterocycles. The molecule has 15 heteroatoms. The molecule has 0 radical (unpaired) electrons. The predicted molar refractivity (Wildman–Crippen MR) is 155 cm³/mol. The Kier molecular flexibility index (Phi) is 7.23. The van der Waals surface area contributed by atoms with E-state index in [1.165, 1.54) is 19.5 Å². The summed E-state index contributed by atoms with van der Waals surface area (Å²) in [5.41, 5.74) is 1.26. The average Bonchev–Trinajstić information content (AvgIpc) is 3.39. The molecule has 216 valence electrons. The number of fused-ring (bicyclic) bond motifs is 3. The lowest BCUT2D eigenvalue weighted by Gasteiger charge is -2.34. The van der Waals surface area contributed by atoms with Gasteiger partial charge >= 0.3 is 0 Å². The van der Waals surface area contributed by atoms with E-state index >= 15 is 0 Å². The first-order valence-electron chi connectivity index (χ1n) is 13.2. The van der Waals surface area contributed by atoms with Crippen molar-refractivity contribution in [3.63, 3.8) is 0 Å². The van der Waals surface area contributed by atoms with E-state index in [2.05, 4.69) is 35.2 Å². The van der Waals surface area contributed by atoms with Gasteiger partial charge in [-0.25, -0.2) is 23.1 Å². The van der Waals surface area contributed by atoms with Crippen LogP contribution in [0.2, 0.25) is 0 Å². The maximum absolute atomic E-state index is 12.2. The lowest BCUT2D eigenvalue weighted by atomic mass is 10.2. The molecule has 14 nitrogen and oxygen atoms in total. The Morgan fingerprint density at radius 3 is 2.68 bits per heavy atom. The van der Waals surface area contributed by atoms with Gasteiger partial charge in [0.05, 0.1) is 43.2 Å². The summed E-state index contributed by atoms with van der Waals surface area (Å²) < 4.78 is 39.1. The van der Waals surface area contributed by atoms with Gasteiger partial charge in [-0.2, -0.15) is 0 Å². The van der Waals surface area contributed by atoms with Crippen molar-refractivity contribution in [1.29, 1.82) is 0 Å². The number of rotatable bonds is 10. The van der Waals surface area contributed by atoms with Gasteiger partial charge in [-0.15, -0.1) is 5.10 Å². The van der Waals surface area contributed by atoms with E-state index in [-0.39, 0.29) is 11.4 Å². The van der Waals surface area contributed by atoms with Gasteiger partial charge in [0.25, 0.3) is 5.56 Å². The molecule has 2 saturated heterocycles. The first kappa shape index (κ1) is 27.0. The molecule has 2 fully saturated rings. The van der Waals surface area contributed by atoms with Crippen LogP contribution in [0.5, 0.6) is 5.75 Å². The van der Waals surface area contributed by atoms with Gasteiger partial charge in [-0.3, -0.25) is 14.4 Å². The molecule has 0 saturated carbocycles. The normalized spacial score (nSPS) is 18.9. The number of hydrogen-bond donors (Lipinski definition) is 4. The number of hydrogen-bond acceptors (Lipinski definition) is 11. The van der Waals surface area contributed by atoms with Crippen LogP contribution in [0.4, 0.5) is 23.1 Å². The third kappa shape index (κ3) is 5.68. The molecule has 4 N–H and O–H groups in total. The lowest BCUT2D eigenvalue weighted by molar-refractivity contribution is -0.0123. The van der Waals surface area contributed by atoms with Crippen molar-refractivity contribution in [2.45, 2.75) is 24.9 Å². The van der Waals surface area contributed by atoms with Gasteiger partial charge in [0.2, 0.25) is 10.0 Å². The van der Waals surface area contributed by atoms with Crippen LogP contribution in [-0.2, 0) is 14.8 Å². The third-order valence-corrected chi connectivity index (χ3v) is 7.89. The average molecular weight is 582 g/mol. The monoisotopic (exact) mass is 581 g/mol. The second-order valence-electron chi connectivity index (χ2n) is 10.1. The van der Waals surface area contributed by atoms with Gasteiger partial charge in [-0.1, -0.05) is 0 Å². The highest BCUT2D eigenvalue weighted by molar-refractivity contribution is 7.92. The smallest absolute Gasteiger partial charge is 0.291 e. The van der Waals surface area contributed by atoms with Crippen LogP contribution >= 0.6 is 0 Å². The predicted octanol–water partition coefficient (Wildman–Crippen LogP) is 1.90. The zero-order valence-corrected chi connectivity index (χ0v) is 23.4. The fraction of sp³-hybridized carbons (Fsp3) is 0.385. The van der Waals surface area contributed by atoms with E-state index in [0.29, 0.717) is 52.9 Å². The second-order valence-corrected chi connectivity index (χ2v) is 11.8. The maximum atomic E-state index is 12.2. The van der Waals surface area contributed by atoms with E-state index in [1.807, 2.05) is 0 Å². The van der Waals surface area contributed by atoms with Crippen LogP contribution in [0.25, 0.3) is 16.6 Å². The van der Waals surface area contributed by atoms with E-state index < -0.39 is 10.0 Å². The summed E-state index contributed by atoms with van der Waals surface area (Å²) >= 11 is 0. The number of morpholine rings is 1. The lowest BCUT2D eigenvalue weighted by Crippen LogP contribution is -2.47. The molecule has 2 bridgehead atoms. The molecular weight excluding hydrogens is 550 g/mol. The van der Waals surface area contributed by atoms with E-state index in [9.17, 15) is 13.2 Å². The van der Waals surface area contributed by atoms with Gasteiger partial charge in [0.15, 0.2) is 11.6 Å². The summed E-state index contributed by atoms with van der Waals surface area (Å²) in [6.45, 7) is 3.09. The zero-order valence-electron chi connectivity index (χ0n) is 22.6. The minimum Gasteiger partial charge on any atom is -0.494 e. The quantitative estimate of drug-likeness (QED) is 0.216. The largest absolute Gasteiger partial charge is 0.494 e. The highest BCUT2D eigenvalue weighted by atomic mass is 32.2. The van der Waals surface area contributed by atoms with Gasteiger partial charge in [-0.05, 0) is 25.0 Å². The molecule has 2 aliphatic heterocycles. The Morgan fingerprint density at radius 2 is 1.95 bits per heavy atom. The van der Waals surface area contributed by atoms with Crippen molar-refractivity contribution in [3.8, 4) is 11.4 Å². The minimum atomic E-state index is -3.47. The molecular formula is C26H31N9O5S. The van der Waals surface area contributed by atoms with Gasteiger partial charge in [0.1, 0.15) is 17.3 Å². The van der Waals surface area contributed by atoms with Crippen LogP contribution in [0.3, 0.4) is 0 Å². The Balaban J connectivity index is 1.35. The first-order valence-corrected chi connectivity index (χ1v) is 15.1. The number of nitrogens with zero attached hydrogens (tertiary/aromatic N) is 5. The van der Waals surface area contributed by atoms with Crippen LogP contribution < -0.4 is 25.7 Å². The van der Waals surface area contributed by atoms with Crippen LogP contribution in [0.15, 0.2) is 47.7 Å². The van der Waals surface area contributed by atoms with Crippen LogP contribution in [-0.4, -0.2) is 89.8 Å². The van der Waals surface area contributed by atoms with E-state index in [4.69, 9.17) is 14.6 Å². The summed E-state index contributed by atoms with van der Waals surface area (Å²) in [6.07, 6.45) is 8.02. The Bertz CT molecular complexity index is 1720. The van der Waals surface area contributed by atoms with Crippen molar-refractivity contribution in [3.05, 3.63) is 53.2 Å². The Morgan fingerprint density at radius 1 is 1.15 bits per heavy atom. The van der Waals surface area contributed by atoms with Crippen molar-refractivity contribution in [1.82, 2.24) is 29.6 Å². The molecule has 4 aromatic rings. The molecule has 1 aromatic carbocycles. The summed E-state index contributed by atoms with van der Waals surface area (Å²) in [5.74, 6) is 1.55. The molecule has 0 spiro atoms. The highest BCUT2D eigenvalue weighted by Gasteiger charge is 2.36. The minimum absolute atomic E-state index is 0.109. The molecule has 3 aromatic heterocycles. The van der Waals surface area contributed by atoms with Gasteiger partial charge in [0, 0.05) is 55.9 Å². The maximum Gasteiger partial charge on any atom is 0.291 e. The SMILES string of the molecule is COc1cc(NS(C)(=O)=O)ccc1-n1nc(NCCN2C3CCC2COC3)c2cnc(Nc3ncc[nH]c3=O)cc21. The van der Waals surface area contributed by atoms with Crippen LogP contribution in [0, 0.1) is 0 Å². The number of nitrogens with one attached hydrogen (secondary N) is 4. The van der Waals surface area contributed by atoms with E-state index in [1.54, 1.807) is 35.1 Å². The van der Waals surface area contributed by atoms with Crippen molar-refractivity contribution in [2.75, 3.05) is 55.0 Å². The molecule has 6 rings (SSSR count). The van der Waals surface area contributed by atoms with Gasteiger partial charge < -0.3 is 25.1 Å².